The topological polar surface area (TPSA) is 78.1 Å². The number of amides is 2. The van der Waals surface area contributed by atoms with E-state index in [1.54, 1.807) is 14.2 Å². The molecule has 7 heteroatoms. The molecule has 1 heterocycles. The Bertz CT molecular complexity index is 853. The number of benzene rings is 2. The third kappa shape index (κ3) is 5.04. The highest BCUT2D eigenvalue weighted by atomic mass is 16.6. The van der Waals surface area contributed by atoms with E-state index in [4.69, 9.17) is 18.9 Å². The van der Waals surface area contributed by atoms with E-state index >= 15 is 0 Å². The van der Waals surface area contributed by atoms with Crippen LogP contribution in [0.4, 0.5) is 4.79 Å². The lowest BCUT2D eigenvalue weighted by Crippen LogP contribution is -2.39. The summed E-state index contributed by atoms with van der Waals surface area (Å²) in [6, 6.07) is 11.0. The van der Waals surface area contributed by atoms with Gasteiger partial charge in [-0.2, -0.15) is 0 Å². The quantitative estimate of drug-likeness (QED) is 0.741. The number of hydrogen-bond acceptors (Lipinski definition) is 5. The van der Waals surface area contributed by atoms with E-state index in [0.717, 1.165) is 16.9 Å². The van der Waals surface area contributed by atoms with Crippen LogP contribution < -0.4 is 29.6 Å². The lowest BCUT2D eigenvalue weighted by molar-refractivity contribution is 0.171. The van der Waals surface area contributed by atoms with E-state index in [-0.39, 0.29) is 18.0 Å². The van der Waals surface area contributed by atoms with E-state index in [2.05, 4.69) is 24.5 Å². The summed E-state index contributed by atoms with van der Waals surface area (Å²) in [6.45, 7) is 5.59. The zero-order valence-electron chi connectivity index (χ0n) is 17.3. The maximum Gasteiger partial charge on any atom is 0.315 e. The van der Waals surface area contributed by atoms with Crippen LogP contribution in [0.15, 0.2) is 36.4 Å². The molecule has 0 aromatic heterocycles. The first-order valence-corrected chi connectivity index (χ1v) is 9.66. The van der Waals surface area contributed by atoms with E-state index in [9.17, 15) is 4.79 Å². The number of hydrogen-bond donors (Lipinski definition) is 2. The van der Waals surface area contributed by atoms with Gasteiger partial charge in [-0.25, -0.2) is 4.79 Å². The number of methoxy groups -OCH3 is 2. The predicted octanol–water partition coefficient (Wildman–Crippen LogP) is 3.67. The van der Waals surface area contributed by atoms with E-state index in [1.165, 1.54) is 0 Å². The molecule has 1 atom stereocenters. The molecular formula is C22H28N2O5. The Labute approximate surface area is 171 Å². The van der Waals surface area contributed by atoms with Gasteiger partial charge in [0.2, 0.25) is 0 Å². The van der Waals surface area contributed by atoms with Gasteiger partial charge in [0, 0.05) is 6.54 Å². The first-order chi connectivity index (χ1) is 14.0. The Morgan fingerprint density at radius 3 is 2.41 bits per heavy atom. The minimum Gasteiger partial charge on any atom is -0.493 e. The number of carbonyl (C=O) groups excluding carboxylic acids is 1. The Hall–Kier alpha value is -3.09. The van der Waals surface area contributed by atoms with Crippen molar-refractivity contribution in [1.82, 2.24) is 10.6 Å². The standard InChI is InChI=1S/C22H28N2O5/c1-14(2)21(16-6-8-18-20(12-16)29-10-9-28-18)24-22(25)23-13-15-5-7-17(26-3)19(11-15)27-4/h5-8,11-12,14,21H,9-10,13H2,1-4H3,(H2,23,24,25)/t21-/m0/s1. The smallest absolute Gasteiger partial charge is 0.315 e. The molecule has 2 aromatic carbocycles. The average Bonchev–Trinajstić information content (AvgIpc) is 2.75. The fourth-order valence-corrected chi connectivity index (χ4v) is 3.25. The minimum absolute atomic E-state index is 0.156. The molecule has 0 radical (unpaired) electrons. The summed E-state index contributed by atoms with van der Waals surface area (Å²) < 4.78 is 21.8. The molecule has 0 fully saturated rings. The maximum absolute atomic E-state index is 12.5. The van der Waals surface area contributed by atoms with Crippen LogP contribution in [-0.2, 0) is 6.54 Å². The van der Waals surface area contributed by atoms with Gasteiger partial charge < -0.3 is 29.6 Å². The van der Waals surface area contributed by atoms with Gasteiger partial charge in [0.05, 0.1) is 20.3 Å². The largest absolute Gasteiger partial charge is 0.493 e. The van der Waals surface area contributed by atoms with Crippen molar-refractivity contribution in [3.05, 3.63) is 47.5 Å². The molecule has 0 aliphatic carbocycles. The van der Waals surface area contributed by atoms with Crippen molar-refractivity contribution < 1.29 is 23.7 Å². The number of nitrogens with one attached hydrogen (secondary N) is 2. The number of rotatable bonds is 7. The summed E-state index contributed by atoms with van der Waals surface area (Å²) in [4.78, 5) is 12.5. The van der Waals surface area contributed by atoms with Gasteiger partial charge in [0.25, 0.3) is 0 Å². The van der Waals surface area contributed by atoms with Crippen molar-refractivity contribution in [1.29, 1.82) is 0 Å². The zero-order chi connectivity index (χ0) is 20.8. The molecule has 1 aliphatic rings. The Kier molecular flexibility index (Phi) is 6.69. The van der Waals surface area contributed by atoms with Crippen LogP contribution in [0.25, 0.3) is 0 Å². The van der Waals surface area contributed by atoms with Crippen LogP contribution in [-0.4, -0.2) is 33.5 Å². The molecule has 2 N–H and O–H groups in total. The highest BCUT2D eigenvalue weighted by molar-refractivity contribution is 5.74. The molecule has 7 nitrogen and oxygen atoms in total. The normalized spacial score (nSPS) is 13.6. The summed E-state index contributed by atoms with van der Waals surface area (Å²) in [5, 5.41) is 5.96. The third-order valence-electron chi connectivity index (χ3n) is 4.78. The van der Waals surface area contributed by atoms with Gasteiger partial charge in [0.1, 0.15) is 13.2 Å². The molecule has 3 rings (SSSR count). The fraction of sp³-hybridized carbons (Fsp3) is 0.409. The average molecular weight is 400 g/mol. The second kappa shape index (κ2) is 9.41. The van der Waals surface area contributed by atoms with E-state index in [0.29, 0.717) is 37.0 Å². The molecule has 0 saturated heterocycles. The van der Waals surface area contributed by atoms with Gasteiger partial charge in [-0.05, 0) is 41.3 Å². The van der Waals surface area contributed by atoms with Gasteiger partial charge in [-0.1, -0.05) is 26.0 Å². The molecular weight excluding hydrogens is 372 g/mol. The highest BCUT2D eigenvalue weighted by Gasteiger charge is 2.21. The second-order valence-electron chi connectivity index (χ2n) is 7.14. The molecule has 2 aromatic rings. The Morgan fingerprint density at radius 1 is 1.00 bits per heavy atom. The van der Waals surface area contributed by atoms with Crippen LogP contribution in [0.5, 0.6) is 23.0 Å². The van der Waals surface area contributed by atoms with Crippen molar-refractivity contribution in [2.45, 2.75) is 26.4 Å². The molecule has 0 unspecified atom stereocenters. The zero-order valence-corrected chi connectivity index (χ0v) is 17.3. The van der Waals surface area contributed by atoms with E-state index < -0.39 is 0 Å². The third-order valence-corrected chi connectivity index (χ3v) is 4.78. The van der Waals surface area contributed by atoms with E-state index in [1.807, 2.05) is 36.4 Å². The molecule has 2 amide bonds. The van der Waals surface area contributed by atoms with Crippen LogP contribution in [0.3, 0.4) is 0 Å². The highest BCUT2D eigenvalue weighted by Crippen LogP contribution is 2.34. The van der Waals surface area contributed by atoms with Gasteiger partial charge in [0.15, 0.2) is 23.0 Å². The molecule has 0 bridgehead atoms. The molecule has 1 aliphatic heterocycles. The molecule has 29 heavy (non-hydrogen) atoms. The summed E-state index contributed by atoms with van der Waals surface area (Å²) in [5.74, 6) is 2.93. The van der Waals surface area contributed by atoms with Crippen molar-refractivity contribution >= 4 is 6.03 Å². The molecule has 156 valence electrons. The van der Waals surface area contributed by atoms with Crippen molar-refractivity contribution in [2.24, 2.45) is 5.92 Å². The van der Waals surface area contributed by atoms with Crippen molar-refractivity contribution in [2.75, 3.05) is 27.4 Å². The fourth-order valence-electron chi connectivity index (χ4n) is 3.25. The van der Waals surface area contributed by atoms with Gasteiger partial charge >= 0.3 is 6.03 Å². The van der Waals surface area contributed by atoms with Gasteiger partial charge in [-0.3, -0.25) is 0 Å². The lowest BCUT2D eigenvalue weighted by atomic mass is 9.95. The van der Waals surface area contributed by atoms with Crippen LogP contribution in [0.1, 0.15) is 31.0 Å². The summed E-state index contributed by atoms with van der Waals surface area (Å²) in [7, 11) is 3.18. The second-order valence-corrected chi connectivity index (χ2v) is 7.14. The summed E-state index contributed by atoms with van der Waals surface area (Å²) >= 11 is 0. The first kappa shape index (κ1) is 20.6. The summed E-state index contributed by atoms with van der Waals surface area (Å²) in [5.41, 5.74) is 1.89. The maximum atomic E-state index is 12.5. The number of urea groups is 1. The van der Waals surface area contributed by atoms with Crippen LogP contribution in [0, 0.1) is 5.92 Å². The Balaban J connectivity index is 1.64. The molecule has 0 saturated carbocycles. The number of fused-ring (bicyclic) bond motifs is 1. The number of carbonyl (C=O) groups is 1. The lowest BCUT2D eigenvalue weighted by Gasteiger charge is -2.25. The number of ether oxygens (including phenoxy) is 4. The van der Waals surface area contributed by atoms with Crippen LogP contribution >= 0.6 is 0 Å². The minimum atomic E-state index is -0.242. The van der Waals surface area contributed by atoms with Crippen LogP contribution in [0.2, 0.25) is 0 Å². The summed E-state index contributed by atoms with van der Waals surface area (Å²) in [6.07, 6.45) is 0. The van der Waals surface area contributed by atoms with Crippen molar-refractivity contribution in [3.63, 3.8) is 0 Å². The molecule has 0 spiro atoms. The SMILES string of the molecule is COc1ccc(CNC(=O)N[C@H](c2ccc3c(c2)OCCO3)C(C)C)cc1OC. The predicted molar refractivity (Wildman–Crippen MR) is 110 cm³/mol. The first-order valence-electron chi connectivity index (χ1n) is 9.66. The Morgan fingerprint density at radius 2 is 1.72 bits per heavy atom. The van der Waals surface area contributed by atoms with Gasteiger partial charge in [-0.15, -0.1) is 0 Å². The monoisotopic (exact) mass is 400 g/mol. The van der Waals surface area contributed by atoms with Crippen molar-refractivity contribution in [3.8, 4) is 23.0 Å².